The van der Waals surface area contributed by atoms with Crippen molar-refractivity contribution in [1.82, 2.24) is 38.9 Å². The number of aryl methyl sites for hydroxylation is 1. The van der Waals surface area contributed by atoms with Crippen molar-refractivity contribution in [2.24, 2.45) is 0 Å². The standard InChI is InChI=1S/C27H26N10O2/c1-2-22-23(34-27(38)39-12-11-35-10-9-28-18-35)16-37-25(22)26(30-17-32-37)33-20-6-7-24-19(13-20)14-31-36(24)15-21-5-3-4-8-29-21/h3-10,13-14,16-18H,2,11-12,15H2,1H3,(H,34,38)(H,30,32,33). The average Bonchev–Trinajstić information content (AvgIpc) is 3.69. The van der Waals surface area contributed by atoms with Crippen LogP contribution in [0.2, 0.25) is 0 Å². The van der Waals surface area contributed by atoms with Crippen LogP contribution in [0.25, 0.3) is 16.4 Å². The van der Waals surface area contributed by atoms with Gasteiger partial charge in [-0.1, -0.05) is 13.0 Å². The molecule has 6 aromatic rings. The first-order valence-corrected chi connectivity index (χ1v) is 12.5. The largest absolute Gasteiger partial charge is 0.447 e. The van der Waals surface area contributed by atoms with Crippen LogP contribution in [0.4, 0.5) is 22.0 Å². The first-order chi connectivity index (χ1) is 19.2. The fourth-order valence-electron chi connectivity index (χ4n) is 4.51. The van der Waals surface area contributed by atoms with Crippen LogP contribution in [0.15, 0.2) is 80.0 Å². The SMILES string of the molecule is CCc1c(NC(=O)OCCn2ccnc2)cn2ncnc(Nc3ccc4c(cnn4Cc4ccccn4)c3)c12. The summed E-state index contributed by atoms with van der Waals surface area (Å²) in [6, 6.07) is 11.9. The monoisotopic (exact) mass is 522 g/mol. The highest BCUT2D eigenvalue weighted by molar-refractivity contribution is 5.91. The van der Waals surface area contributed by atoms with Gasteiger partial charge in [-0.3, -0.25) is 15.0 Å². The Labute approximate surface area is 223 Å². The lowest BCUT2D eigenvalue weighted by Gasteiger charge is -2.10. The van der Waals surface area contributed by atoms with Gasteiger partial charge >= 0.3 is 6.09 Å². The smallest absolute Gasteiger partial charge is 0.411 e. The molecule has 1 amide bonds. The lowest BCUT2D eigenvalue weighted by molar-refractivity contribution is 0.157. The molecule has 0 spiro atoms. The molecule has 0 aliphatic heterocycles. The maximum Gasteiger partial charge on any atom is 0.411 e. The summed E-state index contributed by atoms with van der Waals surface area (Å²) in [5, 5.41) is 16.2. The zero-order valence-corrected chi connectivity index (χ0v) is 21.2. The number of imidazole rings is 1. The van der Waals surface area contributed by atoms with Crippen LogP contribution in [0.3, 0.4) is 0 Å². The molecular formula is C27H26N10O2. The Balaban J connectivity index is 1.20. The molecule has 0 radical (unpaired) electrons. The molecule has 12 heteroatoms. The second-order valence-corrected chi connectivity index (χ2v) is 8.86. The Hall–Kier alpha value is -5.26. The third-order valence-corrected chi connectivity index (χ3v) is 6.35. The van der Waals surface area contributed by atoms with Gasteiger partial charge in [-0.05, 0) is 36.8 Å². The number of ether oxygens (including phenoxy) is 1. The molecule has 6 rings (SSSR count). The highest BCUT2D eigenvalue weighted by atomic mass is 16.5. The predicted molar refractivity (Wildman–Crippen MR) is 146 cm³/mol. The summed E-state index contributed by atoms with van der Waals surface area (Å²) in [5.41, 5.74) is 5.11. The Kier molecular flexibility index (Phi) is 6.56. The van der Waals surface area contributed by atoms with E-state index in [1.54, 1.807) is 29.4 Å². The minimum atomic E-state index is -0.531. The Morgan fingerprint density at radius 1 is 1.10 bits per heavy atom. The Morgan fingerprint density at radius 2 is 2.05 bits per heavy atom. The van der Waals surface area contributed by atoms with Gasteiger partial charge in [-0.15, -0.1) is 0 Å². The third kappa shape index (κ3) is 5.12. The number of benzene rings is 1. The zero-order valence-electron chi connectivity index (χ0n) is 21.2. The number of fused-ring (bicyclic) bond motifs is 2. The molecule has 0 aliphatic rings. The number of aromatic nitrogens is 8. The van der Waals surface area contributed by atoms with Crippen molar-refractivity contribution >= 4 is 39.7 Å². The van der Waals surface area contributed by atoms with Crippen LogP contribution in [0, 0.1) is 0 Å². The van der Waals surface area contributed by atoms with E-state index < -0.39 is 6.09 Å². The van der Waals surface area contributed by atoms with Crippen LogP contribution < -0.4 is 10.6 Å². The molecule has 196 valence electrons. The number of carbonyl (C=O) groups excluding carboxylic acids is 1. The van der Waals surface area contributed by atoms with E-state index >= 15 is 0 Å². The molecular weight excluding hydrogens is 496 g/mol. The van der Waals surface area contributed by atoms with Crippen LogP contribution >= 0.6 is 0 Å². The molecule has 0 aliphatic carbocycles. The number of nitrogens with one attached hydrogen (secondary N) is 2. The number of hydrogen-bond donors (Lipinski definition) is 2. The van der Waals surface area contributed by atoms with Gasteiger partial charge in [-0.2, -0.15) is 10.2 Å². The van der Waals surface area contributed by atoms with Crippen LogP contribution in [0.5, 0.6) is 0 Å². The summed E-state index contributed by atoms with van der Waals surface area (Å²) in [5.74, 6) is 0.628. The van der Waals surface area contributed by atoms with Crippen molar-refractivity contribution in [1.29, 1.82) is 0 Å². The molecule has 39 heavy (non-hydrogen) atoms. The van der Waals surface area contributed by atoms with Gasteiger partial charge in [-0.25, -0.2) is 19.3 Å². The molecule has 0 saturated carbocycles. The second kappa shape index (κ2) is 10.6. The molecule has 0 fully saturated rings. The highest BCUT2D eigenvalue weighted by Gasteiger charge is 2.17. The van der Waals surface area contributed by atoms with E-state index in [2.05, 4.69) is 35.8 Å². The van der Waals surface area contributed by atoms with Crippen molar-refractivity contribution < 1.29 is 9.53 Å². The first kappa shape index (κ1) is 24.1. The van der Waals surface area contributed by atoms with Gasteiger partial charge in [0.1, 0.15) is 18.5 Å². The van der Waals surface area contributed by atoms with Gasteiger partial charge in [0.05, 0.1) is 48.7 Å². The average molecular weight is 523 g/mol. The molecule has 5 heterocycles. The van der Waals surface area contributed by atoms with E-state index in [-0.39, 0.29) is 6.61 Å². The molecule has 0 atom stereocenters. The summed E-state index contributed by atoms with van der Waals surface area (Å²) < 4.78 is 10.8. The lowest BCUT2D eigenvalue weighted by atomic mass is 10.2. The number of anilines is 3. The zero-order chi connectivity index (χ0) is 26.6. The van der Waals surface area contributed by atoms with Crippen molar-refractivity contribution in [3.63, 3.8) is 0 Å². The predicted octanol–water partition coefficient (Wildman–Crippen LogP) is 4.27. The Morgan fingerprint density at radius 3 is 2.87 bits per heavy atom. The molecule has 2 N–H and O–H groups in total. The number of nitrogens with zero attached hydrogens (tertiary/aromatic N) is 8. The number of rotatable bonds is 9. The normalized spacial score (nSPS) is 11.2. The topological polar surface area (TPSA) is 129 Å². The molecule has 0 unspecified atom stereocenters. The fraction of sp³-hybridized carbons (Fsp3) is 0.185. The minimum Gasteiger partial charge on any atom is -0.447 e. The Bertz CT molecular complexity index is 1720. The van der Waals surface area contributed by atoms with Crippen molar-refractivity contribution in [3.05, 3.63) is 91.3 Å². The van der Waals surface area contributed by atoms with Gasteiger partial charge in [0.25, 0.3) is 0 Å². The van der Waals surface area contributed by atoms with Gasteiger partial charge < -0.3 is 14.6 Å². The first-order valence-electron chi connectivity index (χ1n) is 12.5. The number of amides is 1. The van der Waals surface area contributed by atoms with Crippen molar-refractivity contribution in [3.8, 4) is 0 Å². The van der Waals surface area contributed by atoms with Gasteiger partial charge in [0.2, 0.25) is 0 Å². The van der Waals surface area contributed by atoms with E-state index in [1.807, 2.05) is 65.0 Å². The lowest BCUT2D eigenvalue weighted by Crippen LogP contribution is -2.17. The van der Waals surface area contributed by atoms with Crippen LogP contribution in [-0.4, -0.2) is 51.6 Å². The maximum absolute atomic E-state index is 12.5. The van der Waals surface area contributed by atoms with Gasteiger partial charge in [0, 0.05) is 35.2 Å². The summed E-state index contributed by atoms with van der Waals surface area (Å²) in [6.45, 7) is 3.36. The van der Waals surface area contributed by atoms with Crippen LogP contribution in [0.1, 0.15) is 18.2 Å². The van der Waals surface area contributed by atoms with Gasteiger partial charge in [0.15, 0.2) is 5.82 Å². The van der Waals surface area contributed by atoms with E-state index in [1.165, 1.54) is 6.33 Å². The second-order valence-electron chi connectivity index (χ2n) is 8.86. The summed E-state index contributed by atoms with van der Waals surface area (Å²) in [7, 11) is 0. The van der Waals surface area contributed by atoms with Crippen molar-refractivity contribution in [2.75, 3.05) is 17.2 Å². The summed E-state index contributed by atoms with van der Waals surface area (Å²) in [6.07, 6.45) is 12.2. The summed E-state index contributed by atoms with van der Waals surface area (Å²) in [4.78, 5) is 25.4. The van der Waals surface area contributed by atoms with Crippen molar-refractivity contribution in [2.45, 2.75) is 26.4 Å². The maximum atomic E-state index is 12.5. The van der Waals surface area contributed by atoms with E-state index in [0.717, 1.165) is 33.4 Å². The number of carbonyl (C=O) groups is 1. The number of pyridine rings is 1. The minimum absolute atomic E-state index is 0.227. The van der Waals surface area contributed by atoms with E-state index in [0.29, 0.717) is 31.0 Å². The highest BCUT2D eigenvalue weighted by Crippen LogP contribution is 2.30. The third-order valence-electron chi connectivity index (χ3n) is 6.35. The molecule has 0 saturated heterocycles. The molecule has 1 aromatic carbocycles. The molecule has 0 bridgehead atoms. The number of hydrogen-bond acceptors (Lipinski definition) is 8. The quantitative estimate of drug-likeness (QED) is 0.288. The van der Waals surface area contributed by atoms with E-state index in [9.17, 15) is 4.79 Å². The molecule has 5 aromatic heterocycles. The molecule has 12 nitrogen and oxygen atoms in total. The van der Waals surface area contributed by atoms with E-state index in [4.69, 9.17) is 4.74 Å². The summed E-state index contributed by atoms with van der Waals surface area (Å²) >= 11 is 0. The van der Waals surface area contributed by atoms with Crippen LogP contribution in [-0.2, 0) is 24.2 Å². The fourth-order valence-corrected chi connectivity index (χ4v) is 4.51.